The Morgan fingerprint density at radius 3 is 1.76 bits per heavy atom. The highest BCUT2D eigenvalue weighted by Crippen LogP contribution is 2.52. The SMILES string of the molecule is CC1(C)c2ccccc2-c2c(-c3cccc(-c4nc(-c5ccc(-c6ccccc6)cc5)nc(-c5cccnc5)n4)c3)cccc21. The molecule has 4 heteroatoms. The van der Waals surface area contributed by atoms with Crippen molar-refractivity contribution >= 4 is 0 Å². The van der Waals surface area contributed by atoms with Gasteiger partial charge < -0.3 is 0 Å². The molecular formula is C41H30N4. The maximum absolute atomic E-state index is 5.03. The standard InChI is InChI=1S/C41H30N4/c1-41(2)35-18-7-6-16-34(35)37-33(17-9-19-36(37)41)30-13-8-14-31(25-30)39-43-38(44-40(45-39)32-15-10-24-42-26-32)29-22-20-28(21-23-29)27-11-4-3-5-12-27/h3-26H,1-2H3. The molecule has 0 amide bonds. The van der Waals surface area contributed by atoms with Crippen molar-refractivity contribution in [3.8, 4) is 67.5 Å². The van der Waals surface area contributed by atoms with Crippen LogP contribution >= 0.6 is 0 Å². The number of aromatic nitrogens is 4. The maximum Gasteiger partial charge on any atom is 0.165 e. The molecule has 45 heavy (non-hydrogen) atoms. The molecule has 0 fully saturated rings. The highest BCUT2D eigenvalue weighted by molar-refractivity contribution is 5.93. The summed E-state index contributed by atoms with van der Waals surface area (Å²) in [6.45, 7) is 4.63. The van der Waals surface area contributed by atoms with Crippen LogP contribution in [0.3, 0.4) is 0 Å². The first-order chi connectivity index (χ1) is 22.1. The van der Waals surface area contributed by atoms with E-state index in [1.54, 1.807) is 12.4 Å². The average molecular weight is 579 g/mol. The van der Waals surface area contributed by atoms with Gasteiger partial charge in [0, 0.05) is 34.5 Å². The number of pyridine rings is 1. The lowest BCUT2D eigenvalue weighted by molar-refractivity contribution is 0.660. The van der Waals surface area contributed by atoms with Crippen LogP contribution in [0.25, 0.3) is 67.5 Å². The van der Waals surface area contributed by atoms with Crippen molar-refractivity contribution in [2.75, 3.05) is 0 Å². The Hall–Kier alpha value is -5.74. The smallest absolute Gasteiger partial charge is 0.165 e. The molecule has 8 rings (SSSR count). The van der Waals surface area contributed by atoms with Crippen LogP contribution in [0.1, 0.15) is 25.0 Å². The first kappa shape index (κ1) is 26.9. The fraction of sp³-hybridized carbons (Fsp3) is 0.0732. The van der Waals surface area contributed by atoms with Crippen LogP contribution < -0.4 is 0 Å². The van der Waals surface area contributed by atoms with E-state index in [0.29, 0.717) is 17.5 Å². The van der Waals surface area contributed by atoms with Crippen LogP contribution in [0.4, 0.5) is 0 Å². The molecule has 0 N–H and O–H groups in total. The summed E-state index contributed by atoms with van der Waals surface area (Å²) in [5.74, 6) is 1.85. The van der Waals surface area contributed by atoms with E-state index in [2.05, 4.69) is 134 Å². The number of fused-ring (bicyclic) bond motifs is 3. The van der Waals surface area contributed by atoms with E-state index in [9.17, 15) is 0 Å². The van der Waals surface area contributed by atoms with Gasteiger partial charge in [-0.05, 0) is 62.7 Å². The van der Waals surface area contributed by atoms with Gasteiger partial charge in [-0.25, -0.2) is 15.0 Å². The number of benzene rings is 5. The summed E-state index contributed by atoms with van der Waals surface area (Å²) < 4.78 is 0. The van der Waals surface area contributed by atoms with Crippen LogP contribution in [0.5, 0.6) is 0 Å². The Labute approximate surface area is 263 Å². The predicted molar refractivity (Wildman–Crippen MR) is 182 cm³/mol. The Morgan fingerprint density at radius 2 is 0.978 bits per heavy atom. The lowest BCUT2D eigenvalue weighted by Gasteiger charge is -2.21. The van der Waals surface area contributed by atoms with E-state index < -0.39 is 0 Å². The zero-order valence-corrected chi connectivity index (χ0v) is 25.1. The molecule has 0 saturated heterocycles. The largest absolute Gasteiger partial charge is 0.264 e. The zero-order chi connectivity index (χ0) is 30.4. The highest BCUT2D eigenvalue weighted by Gasteiger charge is 2.36. The fourth-order valence-corrected chi connectivity index (χ4v) is 6.52. The number of nitrogens with zero attached hydrogens (tertiary/aromatic N) is 4. The van der Waals surface area contributed by atoms with Crippen molar-refractivity contribution in [2.45, 2.75) is 19.3 Å². The Balaban J connectivity index is 1.25. The van der Waals surface area contributed by atoms with Gasteiger partial charge in [0.05, 0.1) is 0 Å². The number of hydrogen-bond acceptors (Lipinski definition) is 4. The summed E-state index contributed by atoms with van der Waals surface area (Å²) in [5, 5.41) is 0. The minimum atomic E-state index is -0.0582. The summed E-state index contributed by atoms with van der Waals surface area (Å²) in [6.07, 6.45) is 3.56. The van der Waals surface area contributed by atoms with E-state index in [-0.39, 0.29) is 5.41 Å². The average Bonchev–Trinajstić information content (AvgIpc) is 3.35. The lowest BCUT2D eigenvalue weighted by atomic mass is 9.82. The van der Waals surface area contributed by atoms with E-state index in [4.69, 9.17) is 15.0 Å². The summed E-state index contributed by atoms with van der Waals surface area (Å²) in [5.41, 5.74) is 12.7. The summed E-state index contributed by atoms with van der Waals surface area (Å²) in [7, 11) is 0. The van der Waals surface area contributed by atoms with Gasteiger partial charge >= 0.3 is 0 Å². The van der Waals surface area contributed by atoms with Gasteiger partial charge in [-0.1, -0.05) is 129 Å². The second kappa shape index (κ2) is 10.8. The van der Waals surface area contributed by atoms with Crippen LogP contribution in [0.15, 0.2) is 146 Å². The third-order valence-corrected chi connectivity index (χ3v) is 8.84. The topological polar surface area (TPSA) is 51.6 Å². The van der Waals surface area contributed by atoms with Gasteiger partial charge in [0.2, 0.25) is 0 Å². The lowest BCUT2D eigenvalue weighted by Crippen LogP contribution is -2.14. The van der Waals surface area contributed by atoms with E-state index >= 15 is 0 Å². The Bertz CT molecular complexity index is 2170. The minimum Gasteiger partial charge on any atom is -0.264 e. The van der Waals surface area contributed by atoms with Crippen molar-refractivity contribution in [3.05, 3.63) is 157 Å². The first-order valence-electron chi connectivity index (χ1n) is 15.2. The van der Waals surface area contributed by atoms with E-state index in [1.165, 1.54) is 33.4 Å². The van der Waals surface area contributed by atoms with Crippen LogP contribution in [0, 0.1) is 0 Å². The third kappa shape index (κ3) is 4.72. The van der Waals surface area contributed by atoms with Gasteiger partial charge in [-0.15, -0.1) is 0 Å². The molecule has 2 heterocycles. The van der Waals surface area contributed by atoms with Crippen molar-refractivity contribution in [2.24, 2.45) is 0 Å². The quantitative estimate of drug-likeness (QED) is 0.204. The van der Waals surface area contributed by atoms with Crippen LogP contribution in [0.2, 0.25) is 0 Å². The molecule has 0 radical (unpaired) electrons. The molecule has 1 aliphatic carbocycles. The fourth-order valence-electron chi connectivity index (χ4n) is 6.52. The zero-order valence-electron chi connectivity index (χ0n) is 25.1. The third-order valence-electron chi connectivity index (χ3n) is 8.84. The molecule has 2 aromatic heterocycles. The molecule has 0 atom stereocenters. The predicted octanol–water partition coefficient (Wildman–Crippen LogP) is 9.91. The molecule has 0 spiro atoms. The molecule has 214 valence electrons. The van der Waals surface area contributed by atoms with Crippen LogP contribution in [-0.2, 0) is 5.41 Å². The molecule has 5 aromatic carbocycles. The molecule has 0 aliphatic heterocycles. The Kier molecular flexibility index (Phi) is 6.42. The highest BCUT2D eigenvalue weighted by atomic mass is 15.0. The van der Waals surface area contributed by atoms with Gasteiger partial charge in [-0.3, -0.25) is 4.98 Å². The number of rotatable bonds is 5. The summed E-state index contributed by atoms with van der Waals surface area (Å²) in [6, 6.07) is 46.7. The second-order valence-corrected chi connectivity index (χ2v) is 12.0. The molecule has 7 aromatic rings. The minimum absolute atomic E-state index is 0.0582. The van der Waals surface area contributed by atoms with E-state index in [0.717, 1.165) is 27.8 Å². The van der Waals surface area contributed by atoms with Crippen molar-refractivity contribution in [3.63, 3.8) is 0 Å². The van der Waals surface area contributed by atoms with Crippen molar-refractivity contribution in [1.82, 2.24) is 19.9 Å². The molecule has 0 bridgehead atoms. The first-order valence-corrected chi connectivity index (χ1v) is 15.2. The second-order valence-electron chi connectivity index (χ2n) is 12.0. The Morgan fingerprint density at radius 1 is 0.422 bits per heavy atom. The maximum atomic E-state index is 5.03. The van der Waals surface area contributed by atoms with Crippen molar-refractivity contribution in [1.29, 1.82) is 0 Å². The summed E-state index contributed by atoms with van der Waals surface area (Å²) >= 11 is 0. The van der Waals surface area contributed by atoms with Crippen molar-refractivity contribution < 1.29 is 0 Å². The van der Waals surface area contributed by atoms with Gasteiger partial charge in [0.25, 0.3) is 0 Å². The number of hydrogen-bond donors (Lipinski definition) is 0. The van der Waals surface area contributed by atoms with Crippen LogP contribution in [-0.4, -0.2) is 19.9 Å². The van der Waals surface area contributed by atoms with Gasteiger partial charge in [-0.2, -0.15) is 0 Å². The molecule has 4 nitrogen and oxygen atoms in total. The van der Waals surface area contributed by atoms with Gasteiger partial charge in [0.15, 0.2) is 17.5 Å². The molecule has 0 saturated carbocycles. The summed E-state index contributed by atoms with van der Waals surface area (Å²) in [4.78, 5) is 19.2. The van der Waals surface area contributed by atoms with Gasteiger partial charge in [0.1, 0.15) is 0 Å². The monoisotopic (exact) mass is 578 g/mol. The molecule has 0 unspecified atom stereocenters. The normalized spacial score (nSPS) is 12.8. The molecule has 1 aliphatic rings. The molecular weight excluding hydrogens is 548 g/mol. The van der Waals surface area contributed by atoms with E-state index in [1.807, 2.05) is 18.2 Å².